The summed E-state index contributed by atoms with van der Waals surface area (Å²) in [6.07, 6.45) is 18.1. The molecule has 4 N–H and O–H groups in total. The highest BCUT2D eigenvalue weighted by Gasteiger charge is 2.52. The molecule has 4 nitrogen and oxygen atoms in total. The summed E-state index contributed by atoms with van der Waals surface area (Å²) in [5.41, 5.74) is 17.3. The fourth-order valence-electron chi connectivity index (χ4n) is 7.79. The van der Waals surface area contributed by atoms with Gasteiger partial charge in [0.05, 0.1) is 5.41 Å². The van der Waals surface area contributed by atoms with Gasteiger partial charge in [-0.05, 0) is 157 Å². The van der Waals surface area contributed by atoms with E-state index in [0.29, 0.717) is 0 Å². The zero-order chi connectivity index (χ0) is 37.0. The number of fused-ring (bicyclic) bond motifs is 10. The number of allylic oxidation sites excluding steroid dienone is 9. The van der Waals surface area contributed by atoms with E-state index in [1.165, 1.54) is 44.5 Å². The van der Waals surface area contributed by atoms with Crippen molar-refractivity contribution in [3.8, 4) is 22.3 Å². The Morgan fingerprint density at radius 2 is 0.906 bits per heavy atom. The molecule has 0 fully saturated rings. The fourth-order valence-corrected chi connectivity index (χ4v) is 7.79. The first-order valence-corrected chi connectivity index (χ1v) is 18.2. The summed E-state index contributed by atoms with van der Waals surface area (Å²) >= 11 is 0. The minimum Gasteiger partial charge on any atom is -0.356 e. The van der Waals surface area contributed by atoms with Gasteiger partial charge in [0.2, 0.25) is 0 Å². The normalized spacial score (nSPS) is 16.0. The number of para-hydroxylation sites is 1. The number of benzene rings is 5. The van der Waals surface area contributed by atoms with E-state index in [2.05, 4.69) is 182 Å². The molecule has 0 heterocycles. The molecule has 2 aliphatic rings. The van der Waals surface area contributed by atoms with Crippen LogP contribution in [0.15, 0.2) is 188 Å². The van der Waals surface area contributed by atoms with Gasteiger partial charge in [0.25, 0.3) is 0 Å². The van der Waals surface area contributed by atoms with Crippen LogP contribution in [0.4, 0.5) is 28.4 Å². The Morgan fingerprint density at radius 1 is 0.491 bits per heavy atom. The van der Waals surface area contributed by atoms with Crippen molar-refractivity contribution in [3.05, 3.63) is 210 Å². The van der Waals surface area contributed by atoms with E-state index in [1.54, 1.807) is 6.08 Å². The van der Waals surface area contributed by atoms with Crippen LogP contribution in [0, 0.1) is 0 Å². The van der Waals surface area contributed by atoms with Crippen LogP contribution in [-0.2, 0) is 5.41 Å². The molecule has 0 saturated carbocycles. The molecule has 0 aromatic heterocycles. The molecule has 262 valence electrons. The van der Waals surface area contributed by atoms with Gasteiger partial charge in [-0.2, -0.15) is 0 Å². The van der Waals surface area contributed by atoms with Gasteiger partial charge in [0.15, 0.2) is 0 Å². The Balaban J connectivity index is 1.53. The van der Waals surface area contributed by atoms with Gasteiger partial charge in [-0.3, -0.25) is 0 Å². The van der Waals surface area contributed by atoms with Crippen LogP contribution in [0.5, 0.6) is 0 Å². The van der Waals surface area contributed by atoms with Gasteiger partial charge >= 0.3 is 0 Å². The first-order chi connectivity index (χ1) is 26.0. The standard InChI is InChI=1S/C49H46N4/c1-7-16-33(10-4)50-37-21-25-41-42-26-22-38(51-34(11-5)17-8-2)30-46(42)49(45(41)29-37)47-31-39(52-35(12-6)18-9-3)23-27-43(47)44-28-24-40(32-48(44)49)53-36-19-14-13-15-20-36/h7-32,50-53H,1,4H2,2-3,5-6H3/b17-8-,18-9-,33-16+,34-11+,35-12+. The Bertz CT molecular complexity index is 2330. The predicted octanol–water partition coefficient (Wildman–Crippen LogP) is 13.2. The molecule has 1 spiro atoms. The molecule has 5 aromatic rings. The van der Waals surface area contributed by atoms with E-state index in [0.717, 1.165) is 45.5 Å². The molecule has 0 aliphatic heterocycles. The van der Waals surface area contributed by atoms with Crippen LogP contribution in [-0.4, -0.2) is 0 Å². The number of nitrogens with one attached hydrogen (secondary N) is 4. The van der Waals surface area contributed by atoms with Crippen LogP contribution in [0.2, 0.25) is 0 Å². The van der Waals surface area contributed by atoms with Crippen LogP contribution in [0.1, 0.15) is 49.9 Å². The summed E-state index contributed by atoms with van der Waals surface area (Å²) in [6.45, 7) is 16.2. The highest BCUT2D eigenvalue weighted by Crippen LogP contribution is 2.64. The van der Waals surface area contributed by atoms with Crippen molar-refractivity contribution in [2.75, 3.05) is 21.3 Å². The largest absolute Gasteiger partial charge is 0.356 e. The summed E-state index contributed by atoms with van der Waals surface area (Å²) in [5, 5.41) is 14.7. The lowest BCUT2D eigenvalue weighted by atomic mass is 9.70. The van der Waals surface area contributed by atoms with Crippen molar-refractivity contribution >= 4 is 28.4 Å². The van der Waals surface area contributed by atoms with E-state index in [9.17, 15) is 0 Å². The van der Waals surface area contributed by atoms with Crippen molar-refractivity contribution < 1.29 is 0 Å². The van der Waals surface area contributed by atoms with Crippen molar-refractivity contribution in [1.82, 2.24) is 0 Å². The highest BCUT2D eigenvalue weighted by molar-refractivity contribution is 5.97. The van der Waals surface area contributed by atoms with Gasteiger partial charge in [-0.1, -0.05) is 86.0 Å². The van der Waals surface area contributed by atoms with E-state index in [-0.39, 0.29) is 0 Å². The Hall–Kier alpha value is -6.52. The summed E-state index contributed by atoms with van der Waals surface area (Å²) in [4.78, 5) is 0. The van der Waals surface area contributed by atoms with E-state index in [4.69, 9.17) is 0 Å². The van der Waals surface area contributed by atoms with Crippen molar-refractivity contribution in [2.24, 2.45) is 0 Å². The second-order valence-corrected chi connectivity index (χ2v) is 13.2. The molecule has 2 aliphatic carbocycles. The van der Waals surface area contributed by atoms with Crippen molar-refractivity contribution in [1.29, 1.82) is 0 Å². The molecule has 0 bridgehead atoms. The molecule has 1 atom stereocenters. The van der Waals surface area contributed by atoms with Crippen LogP contribution < -0.4 is 21.3 Å². The molecular formula is C49H46N4. The molecule has 0 saturated heterocycles. The average molecular weight is 691 g/mol. The minimum absolute atomic E-state index is 0.624. The summed E-state index contributed by atoms with van der Waals surface area (Å²) in [6, 6.07) is 37.6. The molecule has 4 heteroatoms. The van der Waals surface area contributed by atoms with Crippen molar-refractivity contribution in [3.63, 3.8) is 0 Å². The third kappa shape index (κ3) is 6.34. The second kappa shape index (κ2) is 15.0. The van der Waals surface area contributed by atoms with Gasteiger partial charge in [0.1, 0.15) is 0 Å². The van der Waals surface area contributed by atoms with Gasteiger partial charge in [0, 0.05) is 45.5 Å². The van der Waals surface area contributed by atoms with Crippen molar-refractivity contribution in [2.45, 2.75) is 33.1 Å². The lowest BCUT2D eigenvalue weighted by molar-refractivity contribution is 0.795. The highest BCUT2D eigenvalue weighted by atomic mass is 14.9. The lowest BCUT2D eigenvalue weighted by Gasteiger charge is -2.32. The predicted molar refractivity (Wildman–Crippen MR) is 229 cm³/mol. The maximum absolute atomic E-state index is 4.04. The molecule has 1 unspecified atom stereocenters. The van der Waals surface area contributed by atoms with Gasteiger partial charge < -0.3 is 21.3 Å². The number of anilines is 5. The van der Waals surface area contributed by atoms with E-state index >= 15 is 0 Å². The Morgan fingerprint density at radius 3 is 1.30 bits per heavy atom. The van der Waals surface area contributed by atoms with Crippen LogP contribution >= 0.6 is 0 Å². The summed E-state index contributed by atoms with van der Waals surface area (Å²) in [5.74, 6) is 0. The first kappa shape index (κ1) is 34.9. The molecule has 0 radical (unpaired) electrons. The molecule has 7 rings (SSSR count). The molecular weight excluding hydrogens is 645 g/mol. The Kier molecular flexibility index (Phi) is 9.87. The molecule has 0 amide bonds. The van der Waals surface area contributed by atoms with Crippen LogP contribution in [0.25, 0.3) is 22.3 Å². The lowest BCUT2D eigenvalue weighted by Crippen LogP contribution is -2.26. The smallest absolute Gasteiger partial charge is 0.0728 e. The zero-order valence-electron chi connectivity index (χ0n) is 30.9. The quantitative estimate of drug-likeness (QED) is 0.0964. The topological polar surface area (TPSA) is 48.1 Å². The maximum Gasteiger partial charge on any atom is 0.0728 e. The number of hydrogen-bond donors (Lipinski definition) is 4. The van der Waals surface area contributed by atoms with Gasteiger partial charge in [-0.25, -0.2) is 0 Å². The minimum atomic E-state index is -0.624. The fraction of sp³-hybridized carbons (Fsp3) is 0.102. The Labute approximate surface area is 314 Å². The molecule has 53 heavy (non-hydrogen) atoms. The van der Waals surface area contributed by atoms with E-state index in [1.807, 2.05) is 32.1 Å². The third-order valence-corrected chi connectivity index (χ3v) is 10.0. The summed E-state index contributed by atoms with van der Waals surface area (Å²) < 4.78 is 0. The number of hydrogen-bond acceptors (Lipinski definition) is 4. The summed E-state index contributed by atoms with van der Waals surface area (Å²) in [7, 11) is 0. The molecule has 5 aromatic carbocycles. The third-order valence-electron chi connectivity index (χ3n) is 10.0. The second-order valence-electron chi connectivity index (χ2n) is 13.2. The monoisotopic (exact) mass is 690 g/mol. The first-order valence-electron chi connectivity index (χ1n) is 18.2. The van der Waals surface area contributed by atoms with Crippen LogP contribution in [0.3, 0.4) is 0 Å². The van der Waals surface area contributed by atoms with Gasteiger partial charge in [-0.15, -0.1) is 0 Å². The maximum atomic E-state index is 4.04. The van der Waals surface area contributed by atoms with E-state index < -0.39 is 5.41 Å². The zero-order valence-corrected chi connectivity index (χ0v) is 30.9. The SMILES string of the molecule is C=C/C=C(\C=C)Nc1ccc2c(c1)C1(c3cc(NC(/C=C\C)=C/C)ccc3-2)c2cc(NC(/C=C\C)=C/C)ccc2-c2ccc(Nc3ccccc3)cc21. The number of rotatable bonds is 12. The average Bonchev–Trinajstić information content (AvgIpc) is 3.63.